The highest BCUT2D eigenvalue weighted by molar-refractivity contribution is 5.92. The van der Waals surface area contributed by atoms with E-state index < -0.39 is 0 Å². The Morgan fingerprint density at radius 3 is 2.67 bits per heavy atom. The van der Waals surface area contributed by atoms with Crippen LogP contribution in [0.15, 0.2) is 41.4 Å². The Labute approximate surface area is 126 Å². The van der Waals surface area contributed by atoms with Gasteiger partial charge >= 0.3 is 0 Å². The van der Waals surface area contributed by atoms with Gasteiger partial charge in [0.15, 0.2) is 5.96 Å². The van der Waals surface area contributed by atoms with Crippen molar-refractivity contribution < 1.29 is 4.74 Å². The second kappa shape index (κ2) is 6.20. The predicted octanol–water partition coefficient (Wildman–Crippen LogP) is 3.02. The molecule has 1 saturated carbocycles. The van der Waals surface area contributed by atoms with Crippen molar-refractivity contribution in [3.05, 3.63) is 36.4 Å². The van der Waals surface area contributed by atoms with Crippen LogP contribution in [-0.4, -0.2) is 19.6 Å². The largest absolute Gasteiger partial charge is 0.497 e. The molecular formula is C17H23N3O. The maximum atomic E-state index is 5.98. The lowest BCUT2D eigenvalue weighted by Crippen LogP contribution is -2.31. The quantitative estimate of drug-likeness (QED) is 0.508. The lowest BCUT2D eigenvalue weighted by molar-refractivity contribution is 0.227. The van der Waals surface area contributed by atoms with E-state index in [1.54, 1.807) is 7.11 Å². The van der Waals surface area contributed by atoms with E-state index in [1.807, 2.05) is 24.3 Å². The second-order valence-corrected chi connectivity index (χ2v) is 5.96. The Morgan fingerprint density at radius 1 is 1.29 bits per heavy atom. The number of ether oxygens (including phenoxy) is 1. The summed E-state index contributed by atoms with van der Waals surface area (Å²) >= 11 is 0. The molecular weight excluding hydrogens is 262 g/mol. The molecule has 21 heavy (non-hydrogen) atoms. The first kappa shape index (κ1) is 14.0. The highest BCUT2D eigenvalue weighted by Crippen LogP contribution is 2.40. The van der Waals surface area contributed by atoms with Gasteiger partial charge in [-0.15, -0.1) is 0 Å². The summed E-state index contributed by atoms with van der Waals surface area (Å²) < 4.78 is 5.13. The molecule has 0 saturated heterocycles. The predicted molar refractivity (Wildman–Crippen MR) is 86.6 cm³/mol. The highest BCUT2D eigenvalue weighted by Gasteiger charge is 2.31. The molecule has 3 unspecified atom stereocenters. The number of rotatable bonds is 4. The van der Waals surface area contributed by atoms with Crippen LogP contribution in [0.25, 0.3) is 0 Å². The van der Waals surface area contributed by atoms with Crippen molar-refractivity contribution in [2.75, 3.05) is 19.0 Å². The van der Waals surface area contributed by atoms with Crippen LogP contribution in [-0.2, 0) is 0 Å². The molecule has 4 rings (SSSR count). The van der Waals surface area contributed by atoms with Crippen LogP contribution in [0.1, 0.15) is 19.3 Å². The fourth-order valence-corrected chi connectivity index (χ4v) is 3.34. The third kappa shape index (κ3) is 3.38. The number of nitrogens with one attached hydrogen (secondary N) is 1. The molecule has 3 atom stereocenters. The van der Waals surface area contributed by atoms with Crippen LogP contribution in [0.4, 0.5) is 5.69 Å². The molecule has 3 aliphatic carbocycles. The first-order chi connectivity index (χ1) is 10.2. The monoisotopic (exact) mass is 285 g/mol. The molecule has 3 aliphatic rings. The maximum Gasteiger partial charge on any atom is 0.193 e. The summed E-state index contributed by atoms with van der Waals surface area (Å²) in [5.74, 6) is 3.45. The van der Waals surface area contributed by atoms with Crippen molar-refractivity contribution in [2.24, 2.45) is 28.5 Å². The van der Waals surface area contributed by atoms with E-state index in [2.05, 4.69) is 22.5 Å². The zero-order valence-electron chi connectivity index (χ0n) is 12.5. The Bertz CT molecular complexity index is 535. The average molecular weight is 285 g/mol. The fourth-order valence-electron chi connectivity index (χ4n) is 3.34. The van der Waals surface area contributed by atoms with Crippen LogP contribution >= 0.6 is 0 Å². The number of benzene rings is 1. The van der Waals surface area contributed by atoms with E-state index in [4.69, 9.17) is 10.5 Å². The van der Waals surface area contributed by atoms with Crippen molar-refractivity contribution in [2.45, 2.75) is 19.3 Å². The number of hydrogen-bond donors (Lipinski definition) is 2. The van der Waals surface area contributed by atoms with E-state index in [-0.39, 0.29) is 0 Å². The molecule has 4 heteroatoms. The third-order valence-electron chi connectivity index (χ3n) is 4.57. The fraction of sp³-hybridized carbons (Fsp3) is 0.471. The van der Waals surface area contributed by atoms with Crippen LogP contribution in [0.3, 0.4) is 0 Å². The molecule has 1 aromatic rings. The smallest absolute Gasteiger partial charge is 0.193 e. The minimum atomic E-state index is 0.491. The second-order valence-electron chi connectivity index (χ2n) is 5.96. The van der Waals surface area contributed by atoms with Crippen LogP contribution in [0.2, 0.25) is 0 Å². The van der Waals surface area contributed by atoms with Gasteiger partial charge in [0.05, 0.1) is 7.11 Å². The Kier molecular flexibility index (Phi) is 4.13. The van der Waals surface area contributed by atoms with Gasteiger partial charge in [0, 0.05) is 12.2 Å². The summed E-state index contributed by atoms with van der Waals surface area (Å²) in [4.78, 5) is 4.52. The van der Waals surface area contributed by atoms with E-state index in [0.29, 0.717) is 17.8 Å². The zero-order valence-corrected chi connectivity index (χ0v) is 12.5. The highest BCUT2D eigenvalue weighted by atomic mass is 16.5. The number of anilines is 1. The zero-order chi connectivity index (χ0) is 14.7. The lowest BCUT2D eigenvalue weighted by Gasteiger charge is -2.37. The number of aliphatic imine (C=N–C) groups is 1. The van der Waals surface area contributed by atoms with Crippen molar-refractivity contribution >= 4 is 11.6 Å². The molecule has 1 fully saturated rings. The van der Waals surface area contributed by atoms with Gasteiger partial charge in [0.1, 0.15) is 5.75 Å². The lowest BCUT2D eigenvalue weighted by atomic mass is 9.69. The number of fused-ring (bicyclic) bond motifs is 2. The summed E-state index contributed by atoms with van der Waals surface area (Å²) in [6.07, 6.45) is 8.69. The Balaban J connectivity index is 1.55. The summed E-state index contributed by atoms with van der Waals surface area (Å²) in [5, 5.41) is 3.13. The number of guanidine groups is 1. The minimum absolute atomic E-state index is 0.491. The van der Waals surface area contributed by atoms with Gasteiger partial charge in [0.25, 0.3) is 0 Å². The van der Waals surface area contributed by atoms with Crippen molar-refractivity contribution in [3.8, 4) is 5.75 Å². The van der Waals surface area contributed by atoms with E-state index in [0.717, 1.165) is 23.9 Å². The Morgan fingerprint density at radius 2 is 2.10 bits per heavy atom. The standard InChI is InChI=1S/C17H23N3O/c1-21-16-8-6-15(7-9-16)20-17(18)19-11-14-10-12-2-4-13(14)5-3-12/h2,4,6-9,12-14H,3,5,10-11H2,1H3,(H3,18,19,20). The number of nitrogens with two attached hydrogens (primary N) is 1. The van der Waals surface area contributed by atoms with Crippen molar-refractivity contribution in [1.29, 1.82) is 0 Å². The van der Waals surface area contributed by atoms with Gasteiger partial charge in [-0.05, 0) is 61.3 Å². The summed E-state index contributed by atoms with van der Waals surface area (Å²) in [7, 11) is 1.66. The summed E-state index contributed by atoms with van der Waals surface area (Å²) in [5.41, 5.74) is 6.91. The molecule has 0 spiro atoms. The summed E-state index contributed by atoms with van der Waals surface area (Å²) in [6.45, 7) is 0.820. The third-order valence-corrected chi connectivity index (χ3v) is 4.57. The molecule has 112 valence electrons. The number of allylic oxidation sites excluding steroid dienone is 2. The Hall–Kier alpha value is -1.97. The number of nitrogens with zero attached hydrogens (tertiary/aromatic N) is 1. The topological polar surface area (TPSA) is 59.6 Å². The van der Waals surface area contributed by atoms with Gasteiger partial charge in [0.2, 0.25) is 0 Å². The number of methoxy groups -OCH3 is 1. The first-order valence-electron chi connectivity index (χ1n) is 7.64. The number of hydrogen-bond acceptors (Lipinski definition) is 2. The van der Waals surface area contributed by atoms with E-state index in [1.165, 1.54) is 19.3 Å². The minimum Gasteiger partial charge on any atom is -0.497 e. The SMILES string of the molecule is COc1ccc(NC(N)=NCC2CC3C=CC2CC3)cc1. The normalized spacial score (nSPS) is 27.7. The summed E-state index contributed by atoms with van der Waals surface area (Å²) in [6, 6.07) is 7.68. The van der Waals surface area contributed by atoms with Crippen molar-refractivity contribution in [1.82, 2.24) is 0 Å². The van der Waals surface area contributed by atoms with Gasteiger partial charge < -0.3 is 15.8 Å². The van der Waals surface area contributed by atoms with Gasteiger partial charge in [-0.2, -0.15) is 0 Å². The van der Waals surface area contributed by atoms with Crippen LogP contribution in [0, 0.1) is 17.8 Å². The molecule has 4 nitrogen and oxygen atoms in total. The molecule has 0 aromatic heterocycles. The molecule has 2 bridgehead atoms. The van der Waals surface area contributed by atoms with Crippen LogP contribution in [0.5, 0.6) is 5.75 Å². The first-order valence-corrected chi connectivity index (χ1v) is 7.64. The average Bonchev–Trinajstić information content (AvgIpc) is 2.55. The van der Waals surface area contributed by atoms with Crippen LogP contribution < -0.4 is 15.8 Å². The maximum absolute atomic E-state index is 5.98. The van der Waals surface area contributed by atoms with E-state index >= 15 is 0 Å². The van der Waals surface area contributed by atoms with Gasteiger partial charge in [-0.25, -0.2) is 0 Å². The molecule has 0 radical (unpaired) electrons. The molecule has 0 amide bonds. The molecule has 0 heterocycles. The van der Waals surface area contributed by atoms with E-state index in [9.17, 15) is 0 Å². The van der Waals surface area contributed by atoms with Gasteiger partial charge in [-0.1, -0.05) is 12.2 Å². The molecule has 0 aliphatic heterocycles. The van der Waals surface area contributed by atoms with Crippen molar-refractivity contribution in [3.63, 3.8) is 0 Å². The van der Waals surface area contributed by atoms with Gasteiger partial charge in [-0.3, -0.25) is 4.99 Å². The molecule has 1 aromatic carbocycles. The molecule has 3 N–H and O–H groups in total.